The van der Waals surface area contributed by atoms with Gasteiger partial charge in [0.1, 0.15) is 23.7 Å². The number of hydrogen-bond acceptors (Lipinski definition) is 2. The number of carboxylic acid groups (broad SMARTS) is 1. The van der Waals surface area contributed by atoms with E-state index in [1.165, 1.54) is 12.1 Å². The minimum Gasteiger partial charge on any atom is -0.488 e. The predicted molar refractivity (Wildman–Crippen MR) is 84.6 cm³/mol. The first kappa shape index (κ1) is 15.2. The molecule has 0 aliphatic rings. The molecule has 2 aromatic carbocycles. The molecule has 0 aliphatic heterocycles. The van der Waals surface area contributed by atoms with Crippen LogP contribution in [-0.4, -0.2) is 11.1 Å². The Morgan fingerprint density at radius 1 is 1.30 bits per heavy atom. The van der Waals surface area contributed by atoms with Crippen LogP contribution in [0.2, 0.25) is 0 Å². The van der Waals surface area contributed by atoms with E-state index in [-0.39, 0.29) is 17.9 Å². The Hall–Kier alpha value is -1.15. The quantitative estimate of drug-likeness (QED) is 0.699. The first-order valence-corrected chi connectivity index (χ1v) is 7.44. The average molecular weight is 451 g/mol. The van der Waals surface area contributed by atoms with Gasteiger partial charge in [0.15, 0.2) is 0 Å². The van der Waals surface area contributed by atoms with E-state index in [0.717, 1.165) is 8.04 Å². The normalized spacial score (nSPS) is 10.3. The van der Waals surface area contributed by atoms with Crippen molar-refractivity contribution in [2.24, 2.45) is 0 Å². The number of hydrogen-bond donors (Lipinski definition) is 1. The van der Waals surface area contributed by atoms with Crippen molar-refractivity contribution >= 4 is 44.5 Å². The molecule has 0 spiro atoms. The van der Waals surface area contributed by atoms with Crippen LogP contribution >= 0.6 is 38.5 Å². The Morgan fingerprint density at radius 2 is 2.05 bits per heavy atom. The lowest BCUT2D eigenvalue weighted by atomic mass is 10.2. The molecular weight excluding hydrogens is 442 g/mol. The van der Waals surface area contributed by atoms with E-state index < -0.39 is 11.8 Å². The van der Waals surface area contributed by atoms with Crippen LogP contribution in [0.5, 0.6) is 5.75 Å². The van der Waals surface area contributed by atoms with Gasteiger partial charge in [-0.2, -0.15) is 0 Å². The molecule has 0 amide bonds. The van der Waals surface area contributed by atoms with E-state index >= 15 is 0 Å². The van der Waals surface area contributed by atoms with Gasteiger partial charge in [-0.05, 0) is 59.0 Å². The minimum atomic E-state index is -1.08. The van der Waals surface area contributed by atoms with Crippen molar-refractivity contribution in [3.8, 4) is 5.75 Å². The van der Waals surface area contributed by atoms with Crippen molar-refractivity contribution in [3.05, 3.63) is 61.4 Å². The maximum absolute atomic E-state index is 13.6. The zero-order valence-corrected chi connectivity index (χ0v) is 13.8. The highest BCUT2D eigenvalue weighted by Crippen LogP contribution is 2.23. The van der Waals surface area contributed by atoms with E-state index in [1.54, 1.807) is 24.3 Å². The van der Waals surface area contributed by atoms with Gasteiger partial charge in [-0.1, -0.05) is 15.9 Å². The van der Waals surface area contributed by atoms with Gasteiger partial charge in [-0.25, -0.2) is 9.18 Å². The number of aromatic carboxylic acids is 1. The topological polar surface area (TPSA) is 46.5 Å². The molecule has 0 bridgehead atoms. The lowest BCUT2D eigenvalue weighted by molar-refractivity contribution is 0.0691. The van der Waals surface area contributed by atoms with Gasteiger partial charge in [-0.3, -0.25) is 0 Å². The summed E-state index contributed by atoms with van der Waals surface area (Å²) in [7, 11) is 0. The van der Waals surface area contributed by atoms with Gasteiger partial charge >= 0.3 is 5.97 Å². The van der Waals surface area contributed by atoms with E-state index in [9.17, 15) is 9.18 Å². The number of rotatable bonds is 4. The Labute approximate surface area is 137 Å². The van der Waals surface area contributed by atoms with Gasteiger partial charge in [0, 0.05) is 13.6 Å². The molecule has 0 heterocycles. The fourth-order valence-electron chi connectivity index (χ4n) is 1.60. The van der Waals surface area contributed by atoms with Crippen LogP contribution in [0.25, 0.3) is 0 Å². The fourth-order valence-corrected chi connectivity index (χ4v) is 2.50. The molecule has 2 aromatic rings. The van der Waals surface area contributed by atoms with E-state index in [0.29, 0.717) is 5.56 Å². The van der Waals surface area contributed by atoms with E-state index in [2.05, 4.69) is 15.9 Å². The third-order valence-electron chi connectivity index (χ3n) is 2.56. The Morgan fingerprint density at radius 3 is 2.75 bits per heavy atom. The molecule has 0 aromatic heterocycles. The monoisotopic (exact) mass is 450 g/mol. The van der Waals surface area contributed by atoms with Crippen LogP contribution in [0, 0.1) is 9.39 Å². The Kier molecular flexibility index (Phi) is 4.98. The molecule has 0 saturated heterocycles. The smallest absolute Gasteiger partial charge is 0.339 e. The molecule has 3 nitrogen and oxygen atoms in total. The number of halogens is 3. The van der Waals surface area contributed by atoms with Gasteiger partial charge in [0.25, 0.3) is 0 Å². The Balaban J connectivity index is 2.23. The lowest BCUT2D eigenvalue weighted by Crippen LogP contribution is -2.05. The zero-order chi connectivity index (χ0) is 14.7. The summed E-state index contributed by atoms with van der Waals surface area (Å²) in [6.07, 6.45) is 0. The van der Waals surface area contributed by atoms with Crippen molar-refractivity contribution in [2.75, 3.05) is 0 Å². The molecule has 1 N–H and O–H groups in total. The van der Waals surface area contributed by atoms with Crippen LogP contribution in [0.15, 0.2) is 40.9 Å². The fraction of sp³-hybridized carbons (Fsp3) is 0.0714. The van der Waals surface area contributed by atoms with Gasteiger partial charge < -0.3 is 9.84 Å². The summed E-state index contributed by atoms with van der Waals surface area (Å²) in [5.41, 5.74) is 0.418. The highest BCUT2D eigenvalue weighted by atomic mass is 127. The van der Waals surface area contributed by atoms with Crippen LogP contribution in [-0.2, 0) is 6.61 Å². The number of ether oxygens (including phenoxy) is 1. The number of carboxylic acids is 1. The van der Waals surface area contributed by atoms with Crippen molar-refractivity contribution in [1.29, 1.82) is 0 Å². The summed E-state index contributed by atoms with van der Waals surface area (Å²) >= 11 is 5.27. The molecule has 0 aliphatic carbocycles. The number of benzene rings is 2. The molecule has 2 rings (SSSR count). The van der Waals surface area contributed by atoms with Crippen LogP contribution in [0.4, 0.5) is 4.39 Å². The molecule has 6 heteroatoms. The molecule has 0 saturated carbocycles. The highest BCUT2D eigenvalue weighted by molar-refractivity contribution is 14.1. The van der Waals surface area contributed by atoms with E-state index in [4.69, 9.17) is 9.84 Å². The molecule has 0 unspecified atom stereocenters. The average Bonchev–Trinajstić information content (AvgIpc) is 2.40. The minimum absolute atomic E-state index is 0.0356. The third-order valence-corrected chi connectivity index (χ3v) is 3.73. The summed E-state index contributed by atoms with van der Waals surface area (Å²) in [4.78, 5) is 11.1. The second-order valence-corrected chi connectivity index (χ2v) is 6.13. The maximum atomic E-state index is 13.6. The third kappa shape index (κ3) is 3.69. The Bertz CT molecular complexity index is 661. The highest BCUT2D eigenvalue weighted by Gasteiger charge is 2.13. The van der Waals surface area contributed by atoms with Crippen LogP contribution in [0.1, 0.15) is 15.9 Å². The standard InChI is InChI=1S/C14H9BrFIO3/c15-9-1-3-12(16)8(5-9)7-20-13-4-2-10(17)6-11(13)14(18)19/h1-6H,7H2,(H,18,19). The summed E-state index contributed by atoms with van der Waals surface area (Å²) in [6.45, 7) is -0.0356. The van der Waals surface area contributed by atoms with E-state index in [1.807, 2.05) is 22.6 Å². The van der Waals surface area contributed by atoms with Crippen molar-refractivity contribution in [1.82, 2.24) is 0 Å². The van der Waals surface area contributed by atoms with Crippen molar-refractivity contribution in [2.45, 2.75) is 6.61 Å². The molecule has 0 atom stereocenters. The summed E-state index contributed by atoms with van der Waals surface area (Å²) < 4.78 is 20.5. The van der Waals surface area contributed by atoms with Gasteiger partial charge in [-0.15, -0.1) is 0 Å². The molecule has 0 radical (unpaired) electrons. The molecule has 104 valence electrons. The summed E-state index contributed by atoms with van der Waals surface area (Å²) in [5, 5.41) is 9.12. The van der Waals surface area contributed by atoms with Gasteiger partial charge in [0.2, 0.25) is 0 Å². The molecular formula is C14H9BrFIO3. The van der Waals surface area contributed by atoms with Gasteiger partial charge in [0.05, 0.1) is 0 Å². The lowest BCUT2D eigenvalue weighted by Gasteiger charge is -2.10. The number of carbonyl (C=O) groups is 1. The molecule has 0 fully saturated rings. The SMILES string of the molecule is O=C(O)c1cc(I)ccc1OCc1cc(Br)ccc1F. The largest absolute Gasteiger partial charge is 0.488 e. The second-order valence-electron chi connectivity index (χ2n) is 3.97. The first-order valence-electron chi connectivity index (χ1n) is 5.57. The van der Waals surface area contributed by atoms with Crippen molar-refractivity contribution < 1.29 is 19.0 Å². The molecule has 20 heavy (non-hydrogen) atoms. The van der Waals surface area contributed by atoms with Crippen LogP contribution in [0.3, 0.4) is 0 Å². The van der Waals surface area contributed by atoms with Crippen molar-refractivity contribution in [3.63, 3.8) is 0 Å². The second kappa shape index (κ2) is 6.53. The maximum Gasteiger partial charge on any atom is 0.339 e. The summed E-state index contributed by atoms with van der Waals surface area (Å²) in [5.74, 6) is -1.25. The zero-order valence-electron chi connectivity index (χ0n) is 10.1. The van der Waals surface area contributed by atoms with Crippen LogP contribution < -0.4 is 4.74 Å². The summed E-state index contributed by atoms with van der Waals surface area (Å²) in [6, 6.07) is 9.33. The first-order chi connectivity index (χ1) is 9.47. The predicted octanol–water partition coefficient (Wildman–Crippen LogP) is 4.47.